The van der Waals surface area contributed by atoms with E-state index < -0.39 is 22.1 Å². The highest BCUT2D eigenvalue weighted by molar-refractivity contribution is 7.89. The van der Waals surface area contributed by atoms with Crippen LogP contribution in [-0.2, 0) is 24.3 Å². The molecule has 1 amide bonds. The molecule has 0 bridgehead atoms. The van der Waals surface area contributed by atoms with Crippen LogP contribution in [0.25, 0.3) is 0 Å². The third-order valence-corrected chi connectivity index (χ3v) is 6.82. The van der Waals surface area contributed by atoms with Crippen LogP contribution in [0.4, 0.5) is 0 Å². The van der Waals surface area contributed by atoms with Gasteiger partial charge in [-0.05, 0) is 39.0 Å². The highest BCUT2D eigenvalue weighted by Gasteiger charge is 2.31. The first-order chi connectivity index (χ1) is 13.6. The minimum atomic E-state index is -3.69. The van der Waals surface area contributed by atoms with Crippen molar-refractivity contribution < 1.29 is 27.5 Å². The number of sulfonamides is 1. The van der Waals surface area contributed by atoms with E-state index in [9.17, 15) is 18.0 Å². The van der Waals surface area contributed by atoms with Gasteiger partial charge in [0.2, 0.25) is 10.0 Å². The molecular weight excluding hydrogens is 396 g/mol. The van der Waals surface area contributed by atoms with Crippen LogP contribution in [0.2, 0.25) is 0 Å². The second kappa shape index (κ2) is 9.69. The van der Waals surface area contributed by atoms with Gasteiger partial charge in [0.1, 0.15) is 0 Å². The highest BCUT2D eigenvalue weighted by atomic mass is 32.2. The fourth-order valence-electron chi connectivity index (χ4n) is 3.39. The van der Waals surface area contributed by atoms with Gasteiger partial charge in [0.25, 0.3) is 5.91 Å². The standard InChI is InChI=1S/C20H30N2O6S/c1-6-22(7-2)29(25,26)18-10-8-9-17(11-18)20(24)28-16(5)19(23)21-12-14(3)27-15(4)13-21/h8-11,14-16H,6-7,12-13H2,1-5H3. The number of nitrogens with zero attached hydrogens (tertiary/aromatic N) is 2. The van der Waals surface area contributed by atoms with E-state index in [2.05, 4.69) is 0 Å². The zero-order valence-corrected chi connectivity index (χ0v) is 18.4. The van der Waals surface area contributed by atoms with E-state index in [-0.39, 0.29) is 28.6 Å². The molecule has 3 atom stereocenters. The number of carbonyl (C=O) groups is 2. The van der Waals surface area contributed by atoms with E-state index in [1.807, 2.05) is 13.8 Å². The van der Waals surface area contributed by atoms with E-state index in [1.165, 1.54) is 35.5 Å². The van der Waals surface area contributed by atoms with Crippen molar-refractivity contribution in [3.63, 3.8) is 0 Å². The summed E-state index contributed by atoms with van der Waals surface area (Å²) in [5, 5.41) is 0. The number of hydrogen-bond donors (Lipinski definition) is 0. The Kier molecular flexibility index (Phi) is 7.79. The summed E-state index contributed by atoms with van der Waals surface area (Å²) in [5.74, 6) is -1.04. The van der Waals surface area contributed by atoms with Crippen LogP contribution in [0.3, 0.4) is 0 Å². The first-order valence-electron chi connectivity index (χ1n) is 9.85. The second-order valence-corrected chi connectivity index (χ2v) is 9.10. The van der Waals surface area contributed by atoms with E-state index in [1.54, 1.807) is 18.7 Å². The van der Waals surface area contributed by atoms with Crippen molar-refractivity contribution >= 4 is 21.9 Å². The monoisotopic (exact) mass is 426 g/mol. The summed E-state index contributed by atoms with van der Waals surface area (Å²) < 4.78 is 37.6. The van der Waals surface area contributed by atoms with E-state index >= 15 is 0 Å². The van der Waals surface area contributed by atoms with Gasteiger partial charge in [-0.3, -0.25) is 4.79 Å². The van der Waals surface area contributed by atoms with Crippen LogP contribution in [0.15, 0.2) is 29.2 Å². The SMILES string of the molecule is CCN(CC)S(=O)(=O)c1cccc(C(=O)OC(C)C(=O)N2CC(C)OC(C)C2)c1. The van der Waals surface area contributed by atoms with Gasteiger partial charge in [0, 0.05) is 26.2 Å². The largest absolute Gasteiger partial charge is 0.449 e. The summed E-state index contributed by atoms with van der Waals surface area (Å²) in [5.41, 5.74) is 0.0848. The molecule has 0 radical (unpaired) electrons. The Morgan fingerprint density at radius 1 is 1.21 bits per heavy atom. The average molecular weight is 427 g/mol. The lowest BCUT2D eigenvalue weighted by molar-refractivity contribution is -0.151. The molecule has 0 aromatic heterocycles. The van der Waals surface area contributed by atoms with Crippen LogP contribution in [-0.4, -0.2) is 74.0 Å². The first kappa shape index (κ1) is 23.3. The van der Waals surface area contributed by atoms with E-state index in [4.69, 9.17) is 9.47 Å². The number of amides is 1. The van der Waals surface area contributed by atoms with Gasteiger partial charge in [-0.15, -0.1) is 0 Å². The van der Waals surface area contributed by atoms with Crippen molar-refractivity contribution in [2.75, 3.05) is 26.2 Å². The van der Waals surface area contributed by atoms with Crippen molar-refractivity contribution in [3.8, 4) is 0 Å². The maximum Gasteiger partial charge on any atom is 0.338 e. The minimum Gasteiger partial charge on any atom is -0.449 e. The molecule has 0 N–H and O–H groups in total. The van der Waals surface area contributed by atoms with Gasteiger partial charge in [-0.2, -0.15) is 4.31 Å². The minimum absolute atomic E-state index is 0.0189. The van der Waals surface area contributed by atoms with E-state index in [0.717, 1.165) is 0 Å². The molecule has 1 aliphatic heterocycles. The lowest BCUT2D eigenvalue weighted by Crippen LogP contribution is -2.51. The van der Waals surface area contributed by atoms with Crippen molar-refractivity contribution in [1.29, 1.82) is 0 Å². The Morgan fingerprint density at radius 3 is 2.34 bits per heavy atom. The maximum atomic E-state index is 12.7. The maximum absolute atomic E-state index is 12.7. The highest BCUT2D eigenvalue weighted by Crippen LogP contribution is 2.18. The summed E-state index contributed by atoms with van der Waals surface area (Å²) in [6.45, 7) is 10.3. The molecule has 162 valence electrons. The third kappa shape index (κ3) is 5.55. The summed E-state index contributed by atoms with van der Waals surface area (Å²) in [4.78, 5) is 26.8. The molecule has 0 aliphatic carbocycles. The van der Waals surface area contributed by atoms with Crippen molar-refractivity contribution in [3.05, 3.63) is 29.8 Å². The second-order valence-electron chi connectivity index (χ2n) is 7.17. The fourth-order valence-corrected chi connectivity index (χ4v) is 4.89. The molecule has 1 aromatic rings. The van der Waals surface area contributed by atoms with Crippen LogP contribution in [0, 0.1) is 0 Å². The zero-order chi connectivity index (χ0) is 21.8. The van der Waals surface area contributed by atoms with Gasteiger partial charge in [0.05, 0.1) is 22.7 Å². The first-order valence-corrected chi connectivity index (χ1v) is 11.3. The smallest absolute Gasteiger partial charge is 0.338 e. The Bertz CT molecular complexity index is 827. The Balaban J connectivity index is 2.12. The molecule has 1 saturated heterocycles. The molecular formula is C20H30N2O6S. The number of hydrogen-bond acceptors (Lipinski definition) is 6. The predicted octanol–water partition coefficient (Wildman–Crippen LogP) is 1.90. The summed E-state index contributed by atoms with van der Waals surface area (Å²) in [7, 11) is -3.69. The van der Waals surface area contributed by atoms with Crippen LogP contribution in [0.5, 0.6) is 0 Å². The van der Waals surface area contributed by atoms with Crippen molar-refractivity contribution in [1.82, 2.24) is 9.21 Å². The van der Waals surface area contributed by atoms with Gasteiger partial charge in [-0.25, -0.2) is 13.2 Å². The normalized spacial score (nSPS) is 21.1. The number of carbonyl (C=O) groups excluding carboxylic acids is 2. The fraction of sp³-hybridized carbons (Fsp3) is 0.600. The number of benzene rings is 1. The summed E-state index contributed by atoms with van der Waals surface area (Å²) in [6, 6.07) is 5.69. The molecule has 0 spiro atoms. The molecule has 8 nitrogen and oxygen atoms in total. The van der Waals surface area contributed by atoms with Crippen molar-refractivity contribution in [2.45, 2.75) is 57.8 Å². The lowest BCUT2D eigenvalue weighted by atomic mass is 10.2. The zero-order valence-electron chi connectivity index (χ0n) is 17.6. The van der Waals surface area contributed by atoms with Gasteiger partial charge < -0.3 is 14.4 Å². The van der Waals surface area contributed by atoms with Crippen LogP contribution in [0.1, 0.15) is 45.0 Å². The van der Waals surface area contributed by atoms with Crippen molar-refractivity contribution in [2.24, 2.45) is 0 Å². The van der Waals surface area contributed by atoms with Gasteiger partial charge in [0.15, 0.2) is 6.10 Å². The number of rotatable bonds is 7. The van der Waals surface area contributed by atoms with Gasteiger partial charge >= 0.3 is 5.97 Å². The Hall–Kier alpha value is -1.97. The molecule has 1 heterocycles. The molecule has 2 rings (SSSR count). The molecule has 1 aliphatic rings. The van der Waals surface area contributed by atoms with Crippen LogP contribution < -0.4 is 0 Å². The quantitative estimate of drug-likeness (QED) is 0.618. The molecule has 1 fully saturated rings. The van der Waals surface area contributed by atoms with E-state index in [0.29, 0.717) is 26.2 Å². The topological polar surface area (TPSA) is 93.2 Å². The summed E-state index contributed by atoms with van der Waals surface area (Å²) >= 11 is 0. The van der Waals surface area contributed by atoms with Crippen LogP contribution >= 0.6 is 0 Å². The molecule has 9 heteroatoms. The summed E-state index contributed by atoms with van der Waals surface area (Å²) in [6.07, 6.45) is -1.16. The lowest BCUT2D eigenvalue weighted by Gasteiger charge is -2.36. The Morgan fingerprint density at radius 2 is 1.79 bits per heavy atom. The molecule has 29 heavy (non-hydrogen) atoms. The average Bonchev–Trinajstić information content (AvgIpc) is 2.67. The number of ether oxygens (including phenoxy) is 2. The molecule has 1 aromatic carbocycles. The number of morpholine rings is 1. The Labute approximate surface area is 172 Å². The van der Waals surface area contributed by atoms with Gasteiger partial charge in [-0.1, -0.05) is 19.9 Å². The predicted molar refractivity (Wildman–Crippen MR) is 108 cm³/mol. The molecule has 3 unspecified atom stereocenters. The molecule has 0 saturated carbocycles. The third-order valence-electron chi connectivity index (χ3n) is 4.78. The number of esters is 1.